The van der Waals surface area contributed by atoms with E-state index in [4.69, 9.17) is 23.7 Å². The van der Waals surface area contributed by atoms with E-state index in [1.54, 1.807) is 0 Å². The number of carbonyl (C=O) groups excluding carboxylic acids is 1. The highest BCUT2D eigenvalue weighted by molar-refractivity contribution is 5.67. The van der Waals surface area contributed by atoms with Crippen molar-refractivity contribution in [1.29, 1.82) is 0 Å². The number of ether oxygens (including phenoxy) is 5. The van der Waals surface area contributed by atoms with Crippen molar-refractivity contribution < 1.29 is 33.6 Å². The van der Waals surface area contributed by atoms with Gasteiger partial charge in [0.2, 0.25) is 0 Å². The first-order valence-corrected chi connectivity index (χ1v) is 12.7. The molecule has 6 atom stereocenters. The minimum atomic E-state index is -1.02. The van der Waals surface area contributed by atoms with E-state index in [-0.39, 0.29) is 12.6 Å². The molecule has 1 aromatic carbocycles. The Morgan fingerprint density at radius 3 is 2.26 bits per heavy atom. The topological polar surface area (TPSA) is 95.5 Å². The number of unbranched alkanes of at least 4 members (excludes halogenated alkanes) is 2. The summed E-state index contributed by atoms with van der Waals surface area (Å²) in [6.07, 6.45) is 0.229. The third-order valence-corrected chi connectivity index (χ3v) is 5.73. The summed E-state index contributed by atoms with van der Waals surface area (Å²) in [5.41, 5.74) is 0.970. The van der Waals surface area contributed by atoms with Gasteiger partial charge in [-0.05, 0) is 31.7 Å². The smallest absolute Gasteiger partial charge is 0.407 e. The standard InChI is InChI=1S/C26H43NO7/c1-5-8-16-31-24-23(30-15-7-3)22(28)21(34-25(24)32-17-9-6-2)18-33-26(29)27-19(4)20-13-11-10-12-14-20/h10-14,19,21-25,28H,5-9,15-18H2,1-4H3,(H,27,29)/t19-,21+,22+,23-,24+,25+/m0/s1. The zero-order valence-electron chi connectivity index (χ0n) is 21.1. The molecular weight excluding hydrogens is 438 g/mol. The van der Waals surface area contributed by atoms with E-state index >= 15 is 0 Å². The van der Waals surface area contributed by atoms with E-state index in [2.05, 4.69) is 19.2 Å². The summed E-state index contributed by atoms with van der Waals surface area (Å²) < 4.78 is 29.5. The highest BCUT2D eigenvalue weighted by atomic mass is 16.7. The summed E-state index contributed by atoms with van der Waals surface area (Å²) in [6.45, 7) is 9.44. The molecule has 0 saturated carbocycles. The molecule has 0 aromatic heterocycles. The van der Waals surface area contributed by atoms with Gasteiger partial charge in [-0.25, -0.2) is 4.79 Å². The largest absolute Gasteiger partial charge is 0.447 e. The first kappa shape index (κ1) is 28.5. The van der Waals surface area contributed by atoms with E-state index in [1.165, 1.54) is 0 Å². The zero-order valence-corrected chi connectivity index (χ0v) is 21.1. The highest BCUT2D eigenvalue weighted by Crippen LogP contribution is 2.28. The van der Waals surface area contributed by atoms with E-state index in [9.17, 15) is 9.90 Å². The molecule has 34 heavy (non-hydrogen) atoms. The third kappa shape index (κ3) is 9.15. The molecule has 1 heterocycles. The second-order valence-electron chi connectivity index (χ2n) is 8.66. The number of aliphatic hydroxyl groups is 1. The van der Waals surface area contributed by atoms with Gasteiger partial charge < -0.3 is 34.1 Å². The summed E-state index contributed by atoms with van der Waals surface area (Å²) in [4.78, 5) is 12.4. The number of alkyl carbamates (subject to hydrolysis) is 1. The van der Waals surface area contributed by atoms with Crippen LogP contribution in [0.1, 0.15) is 71.4 Å². The molecule has 0 unspecified atom stereocenters. The van der Waals surface area contributed by atoms with Crippen LogP contribution >= 0.6 is 0 Å². The molecule has 1 aromatic rings. The Labute approximate surface area is 204 Å². The molecule has 1 aliphatic heterocycles. The van der Waals surface area contributed by atoms with Gasteiger partial charge >= 0.3 is 6.09 Å². The molecule has 8 heteroatoms. The number of hydrogen-bond acceptors (Lipinski definition) is 7. The van der Waals surface area contributed by atoms with E-state index < -0.39 is 36.8 Å². The summed E-state index contributed by atoms with van der Waals surface area (Å²) >= 11 is 0. The van der Waals surface area contributed by atoms with Crippen molar-refractivity contribution in [1.82, 2.24) is 5.32 Å². The third-order valence-electron chi connectivity index (χ3n) is 5.73. The minimum Gasteiger partial charge on any atom is -0.447 e. The summed E-state index contributed by atoms with van der Waals surface area (Å²) in [5, 5.41) is 13.9. The fraction of sp³-hybridized carbons (Fsp3) is 0.731. The fourth-order valence-electron chi connectivity index (χ4n) is 3.69. The van der Waals surface area contributed by atoms with Crippen LogP contribution in [0.15, 0.2) is 30.3 Å². The van der Waals surface area contributed by atoms with Crippen LogP contribution in [0, 0.1) is 0 Å². The SMILES string of the molecule is CCCCO[C@@H]1O[C@H](COC(=O)N[C@@H](C)c2ccccc2)[C@@H](O)[C@H](OCCC)[C@H]1OCCCC. The van der Waals surface area contributed by atoms with E-state index in [1.807, 2.05) is 44.2 Å². The van der Waals surface area contributed by atoms with Crippen LogP contribution in [0.25, 0.3) is 0 Å². The number of benzene rings is 1. The molecule has 0 aliphatic carbocycles. The van der Waals surface area contributed by atoms with Gasteiger partial charge in [0.15, 0.2) is 6.29 Å². The van der Waals surface area contributed by atoms with Gasteiger partial charge in [-0.1, -0.05) is 63.9 Å². The monoisotopic (exact) mass is 481 g/mol. The number of aliphatic hydroxyl groups excluding tert-OH is 1. The maximum Gasteiger partial charge on any atom is 0.407 e. The Morgan fingerprint density at radius 2 is 1.62 bits per heavy atom. The van der Waals surface area contributed by atoms with Crippen molar-refractivity contribution >= 4 is 6.09 Å². The van der Waals surface area contributed by atoms with Gasteiger partial charge in [0, 0.05) is 19.8 Å². The van der Waals surface area contributed by atoms with Crippen LogP contribution in [-0.4, -0.2) is 68.3 Å². The van der Waals surface area contributed by atoms with Crippen molar-refractivity contribution in [3.05, 3.63) is 35.9 Å². The van der Waals surface area contributed by atoms with Gasteiger partial charge in [-0.15, -0.1) is 0 Å². The molecular formula is C26H43NO7. The number of nitrogens with one attached hydrogen (secondary N) is 1. The Kier molecular flexibility index (Phi) is 13.5. The normalized spacial score (nSPS) is 25.6. The molecule has 1 fully saturated rings. The molecule has 1 amide bonds. The second-order valence-corrected chi connectivity index (χ2v) is 8.66. The maximum absolute atomic E-state index is 12.4. The lowest BCUT2D eigenvalue weighted by molar-refractivity contribution is -0.316. The average Bonchev–Trinajstić information content (AvgIpc) is 2.84. The zero-order chi connectivity index (χ0) is 24.8. The van der Waals surface area contributed by atoms with E-state index in [0.29, 0.717) is 19.8 Å². The predicted molar refractivity (Wildman–Crippen MR) is 130 cm³/mol. The summed E-state index contributed by atoms with van der Waals surface area (Å²) in [6, 6.07) is 9.41. The van der Waals surface area contributed by atoms with Crippen molar-refractivity contribution in [2.45, 2.75) is 96.5 Å². The van der Waals surface area contributed by atoms with Crippen LogP contribution in [0.5, 0.6) is 0 Å². The minimum absolute atomic E-state index is 0.129. The number of rotatable bonds is 15. The molecule has 194 valence electrons. The van der Waals surface area contributed by atoms with Gasteiger partial charge in [0.05, 0.1) is 6.04 Å². The lowest BCUT2D eigenvalue weighted by Gasteiger charge is -2.44. The van der Waals surface area contributed by atoms with Crippen molar-refractivity contribution in [2.24, 2.45) is 0 Å². The van der Waals surface area contributed by atoms with E-state index in [0.717, 1.165) is 37.7 Å². The lowest BCUT2D eigenvalue weighted by Crippen LogP contribution is -2.61. The van der Waals surface area contributed by atoms with Crippen LogP contribution < -0.4 is 5.32 Å². The first-order valence-electron chi connectivity index (χ1n) is 12.7. The maximum atomic E-state index is 12.4. The molecule has 8 nitrogen and oxygen atoms in total. The second kappa shape index (κ2) is 16.1. The summed E-state index contributed by atoms with van der Waals surface area (Å²) in [7, 11) is 0. The quantitative estimate of drug-likeness (QED) is 0.360. The van der Waals surface area contributed by atoms with Crippen LogP contribution in [0.3, 0.4) is 0 Å². The number of amides is 1. The fourth-order valence-corrected chi connectivity index (χ4v) is 3.69. The highest BCUT2D eigenvalue weighted by Gasteiger charge is 2.47. The Bertz CT molecular complexity index is 674. The number of carbonyl (C=O) groups is 1. The van der Waals surface area contributed by atoms with Gasteiger partial charge in [0.1, 0.15) is 31.0 Å². The lowest BCUT2D eigenvalue weighted by atomic mass is 9.98. The average molecular weight is 482 g/mol. The molecule has 1 saturated heterocycles. The Hall–Kier alpha value is -1.71. The number of hydrogen-bond donors (Lipinski definition) is 2. The summed E-state index contributed by atoms with van der Waals surface area (Å²) in [5.74, 6) is 0. The Morgan fingerprint density at radius 1 is 0.971 bits per heavy atom. The van der Waals surface area contributed by atoms with Crippen LogP contribution in [0.2, 0.25) is 0 Å². The molecule has 0 spiro atoms. The molecule has 0 radical (unpaired) electrons. The molecule has 1 aliphatic rings. The van der Waals surface area contributed by atoms with Gasteiger partial charge in [-0.2, -0.15) is 0 Å². The van der Waals surface area contributed by atoms with Crippen LogP contribution in [0.4, 0.5) is 4.79 Å². The first-order chi connectivity index (χ1) is 16.5. The van der Waals surface area contributed by atoms with Crippen molar-refractivity contribution in [2.75, 3.05) is 26.4 Å². The van der Waals surface area contributed by atoms with Crippen molar-refractivity contribution in [3.63, 3.8) is 0 Å². The molecule has 0 bridgehead atoms. The van der Waals surface area contributed by atoms with Crippen LogP contribution in [-0.2, 0) is 23.7 Å². The molecule has 2 rings (SSSR count). The molecule has 2 N–H and O–H groups in total. The Balaban J connectivity index is 2.02. The van der Waals surface area contributed by atoms with Crippen molar-refractivity contribution in [3.8, 4) is 0 Å². The van der Waals surface area contributed by atoms with Gasteiger partial charge in [0.25, 0.3) is 0 Å². The predicted octanol–water partition coefficient (Wildman–Crippen LogP) is 4.36. The van der Waals surface area contributed by atoms with Gasteiger partial charge in [-0.3, -0.25) is 0 Å².